The maximum atomic E-state index is 13.1. The molecule has 2 aromatic rings. The van der Waals surface area contributed by atoms with E-state index in [0.717, 1.165) is 17.1 Å². The minimum atomic E-state index is -2.47. The molecule has 8 nitrogen and oxygen atoms in total. The van der Waals surface area contributed by atoms with E-state index >= 15 is 0 Å². The predicted octanol–water partition coefficient (Wildman–Crippen LogP) is 2.85. The number of aromatic nitrogens is 3. The summed E-state index contributed by atoms with van der Waals surface area (Å²) in [6.07, 6.45) is 1.66. The van der Waals surface area contributed by atoms with Crippen LogP contribution < -0.4 is 4.90 Å². The van der Waals surface area contributed by atoms with Gasteiger partial charge in [-0.15, -0.1) is 0 Å². The van der Waals surface area contributed by atoms with Crippen LogP contribution in [0.4, 0.5) is 11.6 Å². The van der Waals surface area contributed by atoms with Crippen LogP contribution in [0.3, 0.4) is 0 Å². The van der Waals surface area contributed by atoms with Gasteiger partial charge in [-0.1, -0.05) is 11.6 Å². The first-order chi connectivity index (χ1) is 13.8. The highest BCUT2D eigenvalue weighted by atomic mass is 35.5. The highest BCUT2D eigenvalue weighted by molar-refractivity contribution is 7.93. The van der Waals surface area contributed by atoms with Crippen molar-refractivity contribution in [2.24, 2.45) is 4.36 Å². The molecule has 4 rings (SSSR count). The fourth-order valence-electron chi connectivity index (χ4n) is 3.30. The first kappa shape index (κ1) is 20.5. The van der Waals surface area contributed by atoms with E-state index in [1.807, 2.05) is 13.0 Å². The van der Waals surface area contributed by atoms with Crippen LogP contribution in [0.5, 0.6) is 0 Å². The number of morpholine rings is 1. The molecule has 10 heteroatoms. The first-order valence-electron chi connectivity index (χ1n) is 9.48. The normalized spacial score (nSPS) is 22.1. The monoisotopic (exact) mass is 437 g/mol. The molecule has 0 aromatic carbocycles. The number of rotatable bonds is 4. The number of ether oxygens (including phenoxy) is 2. The standard InChI is InChI=1S/C19H24ClN5O3S/c1-12-6-14(7-16(20)21-12)19-22-17(24-29(3,26)15-10-28-11-15)8-18(23-19)25-4-5-27-9-13(25)2/h6-8,13,15H,4-5,9-11H2,1-3H3/t13-,29-/m1/s1. The summed E-state index contributed by atoms with van der Waals surface area (Å²) in [4.78, 5) is 15.7. The molecule has 0 spiro atoms. The molecule has 0 N–H and O–H groups in total. The van der Waals surface area contributed by atoms with Gasteiger partial charge in [0.2, 0.25) is 0 Å². The quantitative estimate of drug-likeness (QED) is 0.679. The van der Waals surface area contributed by atoms with Gasteiger partial charge in [0.05, 0.1) is 47.4 Å². The number of anilines is 1. The fraction of sp³-hybridized carbons (Fsp3) is 0.526. The molecule has 0 saturated carbocycles. The Labute approximate surface area is 175 Å². The van der Waals surface area contributed by atoms with Crippen LogP contribution in [0.25, 0.3) is 11.4 Å². The van der Waals surface area contributed by atoms with E-state index in [4.69, 9.17) is 26.1 Å². The number of pyridine rings is 1. The van der Waals surface area contributed by atoms with Crippen molar-refractivity contribution in [3.05, 3.63) is 29.0 Å². The molecule has 2 aliphatic heterocycles. The van der Waals surface area contributed by atoms with Crippen molar-refractivity contribution in [2.45, 2.75) is 25.1 Å². The molecule has 2 aliphatic rings. The van der Waals surface area contributed by atoms with Crippen LogP contribution in [0.1, 0.15) is 12.6 Å². The smallest absolute Gasteiger partial charge is 0.167 e. The van der Waals surface area contributed by atoms with E-state index in [-0.39, 0.29) is 11.3 Å². The highest BCUT2D eigenvalue weighted by Gasteiger charge is 2.28. The van der Waals surface area contributed by atoms with Crippen molar-refractivity contribution < 1.29 is 13.7 Å². The van der Waals surface area contributed by atoms with Gasteiger partial charge in [-0.3, -0.25) is 0 Å². The Kier molecular flexibility index (Phi) is 5.74. The van der Waals surface area contributed by atoms with Gasteiger partial charge in [0.25, 0.3) is 0 Å². The molecular formula is C19H24ClN5O3S. The summed E-state index contributed by atoms with van der Waals surface area (Å²) in [7, 11) is -2.47. The van der Waals surface area contributed by atoms with Crippen molar-refractivity contribution >= 4 is 33.0 Å². The number of hydrogen-bond acceptors (Lipinski definition) is 8. The van der Waals surface area contributed by atoms with Crippen LogP contribution in [0.2, 0.25) is 5.15 Å². The molecule has 0 radical (unpaired) electrons. The number of halogens is 1. The van der Waals surface area contributed by atoms with Gasteiger partial charge < -0.3 is 14.4 Å². The topological polar surface area (TPSA) is 89.8 Å². The van der Waals surface area contributed by atoms with E-state index < -0.39 is 9.73 Å². The lowest BCUT2D eigenvalue weighted by molar-refractivity contribution is 0.0431. The summed E-state index contributed by atoms with van der Waals surface area (Å²) in [5.41, 5.74) is 1.52. The maximum Gasteiger partial charge on any atom is 0.167 e. The lowest BCUT2D eigenvalue weighted by atomic mass is 10.2. The van der Waals surface area contributed by atoms with E-state index in [9.17, 15) is 4.21 Å². The Balaban J connectivity index is 1.83. The second-order valence-electron chi connectivity index (χ2n) is 7.46. The fourth-order valence-corrected chi connectivity index (χ4v) is 4.86. The Morgan fingerprint density at radius 1 is 1.17 bits per heavy atom. The van der Waals surface area contributed by atoms with Crippen molar-refractivity contribution in [3.8, 4) is 11.4 Å². The third kappa shape index (κ3) is 4.53. The zero-order valence-corrected chi connectivity index (χ0v) is 18.2. The molecule has 0 amide bonds. The van der Waals surface area contributed by atoms with Crippen LogP contribution >= 0.6 is 11.6 Å². The van der Waals surface area contributed by atoms with Gasteiger partial charge in [-0.25, -0.2) is 19.2 Å². The molecule has 29 heavy (non-hydrogen) atoms. The van der Waals surface area contributed by atoms with Crippen LogP contribution in [-0.2, 0) is 19.2 Å². The maximum absolute atomic E-state index is 13.1. The van der Waals surface area contributed by atoms with E-state index in [0.29, 0.717) is 49.8 Å². The van der Waals surface area contributed by atoms with Crippen LogP contribution in [-0.4, -0.2) is 69.7 Å². The molecule has 0 unspecified atom stereocenters. The zero-order valence-electron chi connectivity index (χ0n) is 16.7. The minimum absolute atomic E-state index is 0.0794. The van der Waals surface area contributed by atoms with Crippen LogP contribution in [0.15, 0.2) is 22.6 Å². The Bertz CT molecular complexity index is 1020. The molecule has 0 aliphatic carbocycles. The Morgan fingerprint density at radius 2 is 1.97 bits per heavy atom. The third-order valence-electron chi connectivity index (χ3n) is 5.04. The molecule has 4 heterocycles. The largest absolute Gasteiger partial charge is 0.379 e. The lowest BCUT2D eigenvalue weighted by Gasteiger charge is -2.34. The summed E-state index contributed by atoms with van der Waals surface area (Å²) in [5, 5.41) is 0.294. The highest BCUT2D eigenvalue weighted by Crippen LogP contribution is 2.29. The molecular weight excluding hydrogens is 414 g/mol. The molecule has 2 saturated heterocycles. The van der Waals surface area contributed by atoms with Crippen molar-refractivity contribution in [1.82, 2.24) is 15.0 Å². The van der Waals surface area contributed by atoms with Gasteiger partial charge in [0, 0.05) is 30.1 Å². The second-order valence-corrected chi connectivity index (χ2v) is 10.4. The predicted molar refractivity (Wildman–Crippen MR) is 113 cm³/mol. The van der Waals surface area contributed by atoms with Crippen molar-refractivity contribution in [3.63, 3.8) is 0 Å². The van der Waals surface area contributed by atoms with Gasteiger partial charge in [0.15, 0.2) is 11.6 Å². The molecule has 2 aromatic heterocycles. The second kappa shape index (κ2) is 8.14. The van der Waals surface area contributed by atoms with E-state index in [1.54, 1.807) is 18.4 Å². The van der Waals surface area contributed by atoms with Crippen molar-refractivity contribution in [2.75, 3.05) is 44.1 Å². The SMILES string of the molecule is Cc1cc(-c2nc(N=[S@](C)(=O)C3COC3)cc(N3CCOC[C@H]3C)n2)cc(Cl)n1. The summed E-state index contributed by atoms with van der Waals surface area (Å²) < 4.78 is 28.3. The Hall–Kier alpha value is -1.81. The third-order valence-corrected chi connectivity index (χ3v) is 7.29. The molecule has 2 atom stereocenters. The minimum Gasteiger partial charge on any atom is -0.379 e. The number of aryl methyl sites for hydroxylation is 1. The zero-order chi connectivity index (χ0) is 20.6. The van der Waals surface area contributed by atoms with Gasteiger partial charge in [-0.05, 0) is 26.0 Å². The number of hydrogen-bond donors (Lipinski definition) is 0. The lowest BCUT2D eigenvalue weighted by Crippen LogP contribution is -2.44. The van der Waals surface area contributed by atoms with E-state index in [2.05, 4.69) is 26.2 Å². The van der Waals surface area contributed by atoms with E-state index in [1.165, 1.54) is 0 Å². The van der Waals surface area contributed by atoms with Gasteiger partial charge in [-0.2, -0.15) is 4.36 Å². The Morgan fingerprint density at radius 3 is 2.62 bits per heavy atom. The molecule has 0 bridgehead atoms. The van der Waals surface area contributed by atoms with Crippen molar-refractivity contribution in [1.29, 1.82) is 0 Å². The number of nitrogens with zero attached hydrogens (tertiary/aromatic N) is 5. The summed E-state index contributed by atoms with van der Waals surface area (Å²) in [6, 6.07) is 5.56. The average molecular weight is 438 g/mol. The molecule has 2 fully saturated rings. The molecule has 156 valence electrons. The average Bonchev–Trinajstić information content (AvgIpc) is 2.58. The first-order valence-corrected chi connectivity index (χ1v) is 11.8. The summed E-state index contributed by atoms with van der Waals surface area (Å²) in [6.45, 7) is 6.83. The van der Waals surface area contributed by atoms with Gasteiger partial charge in [0.1, 0.15) is 11.0 Å². The summed E-state index contributed by atoms with van der Waals surface area (Å²) >= 11 is 6.15. The summed E-state index contributed by atoms with van der Waals surface area (Å²) in [5.74, 6) is 1.61. The van der Waals surface area contributed by atoms with Gasteiger partial charge >= 0.3 is 0 Å². The van der Waals surface area contributed by atoms with Crippen LogP contribution in [0, 0.1) is 6.92 Å².